The van der Waals surface area contributed by atoms with Crippen LogP contribution < -0.4 is 0 Å². The standard InChI is InChI=1S/C25H30N6O/c32-25(30-15-13-18(14-16-30)24-26-23(27-28-24)17-11-12-17)22-20-9-5-2-6-10-21(20)31(29-22)19-7-3-1-4-8-19/h1,3-4,7-8,17-18H,2,5-6,9-16H2,(H,26,27,28). The highest BCUT2D eigenvalue weighted by Crippen LogP contribution is 2.38. The largest absolute Gasteiger partial charge is 0.337 e. The number of rotatable bonds is 4. The number of benzene rings is 1. The van der Waals surface area contributed by atoms with E-state index in [9.17, 15) is 4.79 Å². The number of nitrogens with one attached hydrogen (secondary N) is 1. The van der Waals surface area contributed by atoms with Crippen molar-refractivity contribution < 1.29 is 4.79 Å². The van der Waals surface area contributed by atoms with Gasteiger partial charge in [-0.1, -0.05) is 24.6 Å². The molecule has 166 valence electrons. The van der Waals surface area contributed by atoms with Crippen molar-refractivity contribution in [2.75, 3.05) is 13.1 Å². The molecule has 1 N–H and O–H groups in total. The van der Waals surface area contributed by atoms with E-state index in [2.05, 4.69) is 22.3 Å². The van der Waals surface area contributed by atoms with Crippen LogP contribution in [0, 0.1) is 0 Å². The Morgan fingerprint density at radius 3 is 2.50 bits per heavy atom. The lowest BCUT2D eigenvalue weighted by Gasteiger charge is -2.30. The second kappa shape index (κ2) is 8.19. The molecule has 0 unspecified atom stereocenters. The molecule has 2 fully saturated rings. The fraction of sp³-hybridized carbons (Fsp3) is 0.520. The van der Waals surface area contributed by atoms with Crippen LogP contribution in [-0.4, -0.2) is 48.9 Å². The molecule has 7 heteroatoms. The molecule has 32 heavy (non-hydrogen) atoms. The maximum atomic E-state index is 13.6. The van der Waals surface area contributed by atoms with E-state index in [4.69, 9.17) is 10.1 Å². The van der Waals surface area contributed by atoms with Gasteiger partial charge in [0.2, 0.25) is 0 Å². The molecule has 0 bridgehead atoms. The average Bonchev–Trinajstić information content (AvgIpc) is 3.54. The molecule has 3 heterocycles. The number of piperidine rings is 1. The minimum absolute atomic E-state index is 0.0903. The monoisotopic (exact) mass is 430 g/mol. The summed E-state index contributed by atoms with van der Waals surface area (Å²) in [5.74, 6) is 3.00. The molecule has 7 nitrogen and oxygen atoms in total. The number of fused-ring (bicyclic) bond motifs is 1. The normalized spacial score (nSPS) is 19.6. The van der Waals surface area contributed by atoms with Gasteiger partial charge in [-0.05, 0) is 63.5 Å². The van der Waals surface area contributed by atoms with Crippen molar-refractivity contribution in [3.05, 3.63) is 58.9 Å². The highest BCUT2D eigenvalue weighted by Gasteiger charge is 2.33. The Hall–Kier alpha value is -2.96. The summed E-state index contributed by atoms with van der Waals surface area (Å²) in [6.07, 6.45) is 9.70. The summed E-state index contributed by atoms with van der Waals surface area (Å²) in [6.45, 7) is 1.49. The van der Waals surface area contributed by atoms with Crippen LogP contribution in [0.15, 0.2) is 30.3 Å². The van der Waals surface area contributed by atoms with Gasteiger partial charge in [0.1, 0.15) is 5.82 Å². The number of carbonyl (C=O) groups is 1. The van der Waals surface area contributed by atoms with Gasteiger partial charge in [-0.15, -0.1) is 0 Å². The first kappa shape index (κ1) is 19.7. The SMILES string of the molecule is O=C(c1nn(-c2ccccc2)c2c1CCCCC2)N1CCC(c2nc(C3CC3)n[nH]2)CC1. The first-order valence-electron chi connectivity index (χ1n) is 12.2. The number of nitrogens with zero attached hydrogens (tertiary/aromatic N) is 5. The fourth-order valence-electron chi connectivity index (χ4n) is 5.23. The third kappa shape index (κ3) is 3.63. The number of aromatic amines is 1. The maximum absolute atomic E-state index is 13.6. The first-order valence-corrected chi connectivity index (χ1v) is 12.2. The molecule has 1 amide bonds. The van der Waals surface area contributed by atoms with E-state index in [1.54, 1.807) is 0 Å². The second-order valence-corrected chi connectivity index (χ2v) is 9.50. The van der Waals surface area contributed by atoms with Crippen molar-refractivity contribution >= 4 is 5.91 Å². The lowest BCUT2D eigenvalue weighted by Crippen LogP contribution is -2.38. The number of amides is 1. The highest BCUT2D eigenvalue weighted by atomic mass is 16.2. The Labute approximate surface area is 188 Å². The molecule has 0 spiro atoms. The van der Waals surface area contributed by atoms with Gasteiger partial charge in [0.15, 0.2) is 11.5 Å². The van der Waals surface area contributed by atoms with Crippen LogP contribution >= 0.6 is 0 Å². The molecule has 1 aromatic carbocycles. The van der Waals surface area contributed by atoms with Gasteiger partial charge in [-0.3, -0.25) is 9.89 Å². The average molecular weight is 431 g/mol. The molecular weight excluding hydrogens is 400 g/mol. The Bertz CT molecular complexity index is 1100. The predicted molar refractivity (Wildman–Crippen MR) is 121 cm³/mol. The summed E-state index contributed by atoms with van der Waals surface area (Å²) in [5.41, 5.74) is 4.10. The molecule has 3 aliphatic rings. The van der Waals surface area contributed by atoms with Gasteiger partial charge >= 0.3 is 0 Å². The smallest absolute Gasteiger partial charge is 0.274 e. The van der Waals surface area contributed by atoms with Crippen molar-refractivity contribution in [1.29, 1.82) is 0 Å². The summed E-state index contributed by atoms with van der Waals surface area (Å²) in [5, 5.41) is 12.5. The number of H-pyrrole nitrogens is 1. The summed E-state index contributed by atoms with van der Waals surface area (Å²) in [6, 6.07) is 10.2. The van der Waals surface area contributed by atoms with Gasteiger partial charge in [0.25, 0.3) is 5.91 Å². The first-order chi connectivity index (χ1) is 15.8. The minimum Gasteiger partial charge on any atom is -0.337 e. The van der Waals surface area contributed by atoms with Crippen LogP contribution in [-0.2, 0) is 12.8 Å². The van der Waals surface area contributed by atoms with Crippen LogP contribution in [0.4, 0.5) is 0 Å². The van der Waals surface area contributed by atoms with Crippen molar-refractivity contribution in [3.63, 3.8) is 0 Å². The molecule has 3 aromatic rings. The van der Waals surface area contributed by atoms with Crippen molar-refractivity contribution in [2.24, 2.45) is 0 Å². The van der Waals surface area contributed by atoms with Crippen LogP contribution in [0.25, 0.3) is 5.69 Å². The third-order valence-corrected chi connectivity index (χ3v) is 7.26. The number of likely N-dealkylation sites (tertiary alicyclic amines) is 1. The van der Waals surface area contributed by atoms with E-state index in [0.29, 0.717) is 17.5 Å². The van der Waals surface area contributed by atoms with Crippen molar-refractivity contribution in [1.82, 2.24) is 29.9 Å². The highest BCUT2D eigenvalue weighted by molar-refractivity contribution is 5.94. The molecule has 0 atom stereocenters. The Kier molecular flexibility index (Phi) is 5.04. The number of hydrogen-bond acceptors (Lipinski definition) is 4. The van der Waals surface area contributed by atoms with Crippen LogP contribution in [0.1, 0.15) is 90.2 Å². The van der Waals surface area contributed by atoms with E-state index in [-0.39, 0.29) is 5.91 Å². The summed E-state index contributed by atoms with van der Waals surface area (Å²) in [4.78, 5) is 20.3. The number of hydrogen-bond donors (Lipinski definition) is 1. The Balaban J connectivity index is 1.22. The molecule has 2 aliphatic carbocycles. The topological polar surface area (TPSA) is 79.7 Å². The second-order valence-electron chi connectivity index (χ2n) is 9.50. The van der Waals surface area contributed by atoms with Gasteiger partial charge in [0, 0.05) is 36.2 Å². The van der Waals surface area contributed by atoms with E-state index >= 15 is 0 Å². The lowest BCUT2D eigenvalue weighted by molar-refractivity contribution is 0.0703. The van der Waals surface area contributed by atoms with Crippen molar-refractivity contribution in [3.8, 4) is 5.69 Å². The number of carbonyl (C=O) groups excluding carboxylic acids is 1. The molecule has 1 saturated carbocycles. The predicted octanol–water partition coefficient (Wildman–Crippen LogP) is 4.16. The molecule has 1 saturated heterocycles. The molecule has 2 aromatic heterocycles. The zero-order chi connectivity index (χ0) is 21.5. The zero-order valence-corrected chi connectivity index (χ0v) is 18.5. The number of para-hydroxylation sites is 1. The molecule has 6 rings (SSSR count). The fourth-order valence-corrected chi connectivity index (χ4v) is 5.23. The van der Waals surface area contributed by atoms with Crippen LogP contribution in [0.2, 0.25) is 0 Å². The van der Waals surface area contributed by atoms with Crippen molar-refractivity contribution in [2.45, 2.75) is 69.6 Å². The van der Waals surface area contributed by atoms with Gasteiger partial charge in [-0.25, -0.2) is 9.67 Å². The molecule has 0 radical (unpaired) electrons. The van der Waals surface area contributed by atoms with E-state index in [1.165, 1.54) is 30.5 Å². The Morgan fingerprint density at radius 2 is 1.72 bits per heavy atom. The third-order valence-electron chi connectivity index (χ3n) is 7.26. The van der Waals surface area contributed by atoms with Crippen LogP contribution in [0.3, 0.4) is 0 Å². The van der Waals surface area contributed by atoms with Gasteiger partial charge < -0.3 is 4.90 Å². The van der Waals surface area contributed by atoms with Gasteiger partial charge in [-0.2, -0.15) is 10.2 Å². The maximum Gasteiger partial charge on any atom is 0.274 e. The van der Waals surface area contributed by atoms with E-state index in [0.717, 1.165) is 69.0 Å². The lowest BCUT2D eigenvalue weighted by atomic mass is 9.95. The van der Waals surface area contributed by atoms with E-state index in [1.807, 2.05) is 27.8 Å². The Morgan fingerprint density at radius 1 is 0.938 bits per heavy atom. The number of aromatic nitrogens is 5. The van der Waals surface area contributed by atoms with E-state index < -0.39 is 0 Å². The summed E-state index contributed by atoms with van der Waals surface area (Å²) >= 11 is 0. The zero-order valence-electron chi connectivity index (χ0n) is 18.5. The minimum atomic E-state index is 0.0903. The molecule has 1 aliphatic heterocycles. The summed E-state index contributed by atoms with van der Waals surface area (Å²) < 4.78 is 2.02. The summed E-state index contributed by atoms with van der Waals surface area (Å²) in [7, 11) is 0. The van der Waals surface area contributed by atoms with Gasteiger partial charge in [0.05, 0.1) is 5.69 Å². The van der Waals surface area contributed by atoms with Crippen LogP contribution in [0.5, 0.6) is 0 Å². The molecular formula is C25H30N6O. The quantitative estimate of drug-likeness (QED) is 0.631.